The molecule has 0 spiro atoms. The summed E-state index contributed by atoms with van der Waals surface area (Å²) in [5.41, 5.74) is 12.1. The monoisotopic (exact) mass is 802 g/mol. The Hall–Kier alpha value is -5.72. The molecule has 6 nitrogen and oxygen atoms in total. The average molecular weight is 803 g/mol. The first-order chi connectivity index (χ1) is 27.9. The van der Waals surface area contributed by atoms with Crippen LogP contribution in [0, 0.1) is 22.7 Å². The van der Waals surface area contributed by atoms with Gasteiger partial charge in [0.2, 0.25) is 0 Å². The maximum Gasteiger partial charge on any atom is 0.134 e. The lowest BCUT2D eigenvalue weighted by Gasteiger charge is -2.28. The van der Waals surface area contributed by atoms with Crippen LogP contribution in [0.5, 0.6) is 28.7 Å². The summed E-state index contributed by atoms with van der Waals surface area (Å²) in [6, 6.07) is 27.2. The van der Waals surface area contributed by atoms with E-state index in [2.05, 4.69) is 144 Å². The van der Waals surface area contributed by atoms with Crippen molar-refractivity contribution in [3.8, 4) is 40.9 Å². The fourth-order valence-electron chi connectivity index (χ4n) is 8.18. The van der Waals surface area contributed by atoms with Gasteiger partial charge in [-0.25, -0.2) is 0 Å². The van der Waals surface area contributed by atoms with Crippen molar-refractivity contribution >= 4 is 0 Å². The molecule has 0 fully saturated rings. The van der Waals surface area contributed by atoms with Gasteiger partial charge < -0.3 is 19.3 Å². The van der Waals surface area contributed by atoms with E-state index in [1.807, 2.05) is 0 Å². The molecule has 0 aliphatic heterocycles. The van der Waals surface area contributed by atoms with Crippen LogP contribution in [0.4, 0.5) is 0 Å². The number of phenols is 1. The van der Waals surface area contributed by atoms with Crippen molar-refractivity contribution in [2.75, 3.05) is 14.2 Å². The summed E-state index contributed by atoms with van der Waals surface area (Å²) in [6.07, 6.45) is 1.90. The van der Waals surface area contributed by atoms with E-state index in [0.717, 1.165) is 78.3 Å². The molecule has 8 bridgehead atoms. The molecule has 6 heteroatoms. The van der Waals surface area contributed by atoms with Gasteiger partial charge in [0, 0.05) is 25.7 Å². The fraction of sp³-hybridized carbons (Fsp3) is 0.407. The molecule has 0 aromatic heterocycles. The van der Waals surface area contributed by atoms with Crippen LogP contribution in [0.3, 0.4) is 0 Å². The van der Waals surface area contributed by atoms with Crippen LogP contribution in [-0.2, 0) is 47.3 Å². The molecule has 0 unspecified atom stereocenters. The molecular formula is C54H62N2O4. The lowest BCUT2D eigenvalue weighted by Crippen LogP contribution is -2.16. The molecular weight excluding hydrogens is 741 g/mol. The topological polar surface area (TPSA) is 95.5 Å². The number of rotatable bonds is 4. The van der Waals surface area contributed by atoms with Crippen molar-refractivity contribution in [1.82, 2.24) is 0 Å². The first kappa shape index (κ1) is 43.8. The molecule has 0 atom stereocenters. The maximum atomic E-state index is 12.3. The summed E-state index contributed by atoms with van der Waals surface area (Å²) in [5, 5.41) is 32.1. The molecule has 0 saturated carbocycles. The van der Waals surface area contributed by atoms with Gasteiger partial charge in [0.25, 0.3) is 0 Å². The Balaban J connectivity index is 1.77. The predicted octanol–water partition coefficient (Wildman–Crippen LogP) is 12.8. The molecule has 60 heavy (non-hydrogen) atoms. The van der Waals surface area contributed by atoms with Gasteiger partial charge in [-0.15, -0.1) is 0 Å². The minimum atomic E-state index is -0.207. The van der Waals surface area contributed by atoms with E-state index in [0.29, 0.717) is 48.5 Å². The van der Waals surface area contributed by atoms with Crippen LogP contribution in [0.2, 0.25) is 0 Å². The number of methoxy groups -OCH3 is 2. The van der Waals surface area contributed by atoms with Gasteiger partial charge >= 0.3 is 0 Å². The molecule has 0 amide bonds. The zero-order chi connectivity index (χ0) is 44.1. The van der Waals surface area contributed by atoms with E-state index < -0.39 is 0 Å². The predicted molar refractivity (Wildman–Crippen MR) is 243 cm³/mol. The number of benzene rings is 5. The highest BCUT2D eigenvalue weighted by molar-refractivity contribution is 5.61. The maximum absolute atomic E-state index is 12.3. The number of hydrogen-bond acceptors (Lipinski definition) is 6. The van der Waals surface area contributed by atoms with E-state index >= 15 is 0 Å². The highest BCUT2D eigenvalue weighted by Gasteiger charge is 2.29. The summed E-state index contributed by atoms with van der Waals surface area (Å²) in [4.78, 5) is 0. The normalized spacial score (nSPS) is 13.3. The largest absolute Gasteiger partial charge is 0.507 e. The minimum absolute atomic E-state index is 0.171. The van der Waals surface area contributed by atoms with Crippen molar-refractivity contribution in [2.45, 2.75) is 130 Å². The highest BCUT2D eigenvalue weighted by atomic mass is 16.5. The van der Waals surface area contributed by atoms with Crippen molar-refractivity contribution in [1.29, 1.82) is 10.5 Å². The first-order valence-corrected chi connectivity index (χ1v) is 21.0. The SMILES string of the molecule is COc1c2cc(C(C)(C)C)cc1Cc1cc(C(C)(C)C)cc(c1Oc1ccc(C#N)c(C#N)c1)Cc1cc(C(C)(C)C)cc(c1OC)Cc1cc(C(C)(C)C)cc(c1O)C2. The van der Waals surface area contributed by atoms with Crippen molar-refractivity contribution in [2.24, 2.45) is 0 Å². The van der Waals surface area contributed by atoms with E-state index in [-0.39, 0.29) is 27.2 Å². The molecule has 0 radical (unpaired) electrons. The zero-order valence-electron chi connectivity index (χ0n) is 38.2. The molecule has 1 aliphatic carbocycles. The number of ether oxygens (including phenoxy) is 3. The van der Waals surface area contributed by atoms with Gasteiger partial charge in [0.15, 0.2) is 0 Å². The van der Waals surface area contributed by atoms with Gasteiger partial charge in [-0.3, -0.25) is 0 Å². The number of phenolic OH excluding ortho intramolecular Hbond substituents is 1. The van der Waals surface area contributed by atoms with Crippen molar-refractivity contribution in [3.63, 3.8) is 0 Å². The Morgan fingerprint density at radius 2 is 0.733 bits per heavy atom. The van der Waals surface area contributed by atoms with Crippen LogP contribution in [0.25, 0.3) is 0 Å². The van der Waals surface area contributed by atoms with Crippen LogP contribution in [0.15, 0.2) is 66.7 Å². The zero-order valence-corrected chi connectivity index (χ0v) is 38.2. The number of fused-ring (bicyclic) bond motifs is 8. The Morgan fingerprint density at radius 3 is 1.03 bits per heavy atom. The van der Waals surface area contributed by atoms with Crippen LogP contribution >= 0.6 is 0 Å². The smallest absolute Gasteiger partial charge is 0.134 e. The summed E-state index contributed by atoms with van der Waals surface area (Å²) in [5.74, 6) is 3.01. The van der Waals surface area contributed by atoms with E-state index in [1.54, 1.807) is 32.4 Å². The highest BCUT2D eigenvalue weighted by Crippen LogP contribution is 2.45. The van der Waals surface area contributed by atoms with Gasteiger partial charge in [0.1, 0.15) is 40.9 Å². The van der Waals surface area contributed by atoms with Gasteiger partial charge in [-0.2, -0.15) is 10.5 Å². The summed E-state index contributed by atoms with van der Waals surface area (Å²) < 4.78 is 19.8. The Kier molecular flexibility index (Phi) is 11.7. The summed E-state index contributed by atoms with van der Waals surface area (Å²) >= 11 is 0. The molecule has 312 valence electrons. The lowest BCUT2D eigenvalue weighted by atomic mass is 9.79. The third kappa shape index (κ3) is 9.05. The quantitative estimate of drug-likeness (QED) is 0.191. The fourth-order valence-corrected chi connectivity index (χ4v) is 8.18. The van der Waals surface area contributed by atoms with Crippen LogP contribution in [-0.4, -0.2) is 19.3 Å². The van der Waals surface area contributed by atoms with Gasteiger partial charge in [0.05, 0.1) is 25.3 Å². The van der Waals surface area contributed by atoms with Crippen LogP contribution < -0.4 is 14.2 Å². The van der Waals surface area contributed by atoms with Gasteiger partial charge in [-0.1, -0.05) is 132 Å². The van der Waals surface area contributed by atoms with E-state index in [9.17, 15) is 15.6 Å². The molecule has 5 aromatic carbocycles. The second-order valence-electron chi connectivity index (χ2n) is 20.7. The number of nitriles is 2. The Morgan fingerprint density at radius 1 is 0.433 bits per heavy atom. The minimum Gasteiger partial charge on any atom is -0.507 e. The number of aromatic hydroxyl groups is 1. The van der Waals surface area contributed by atoms with Gasteiger partial charge in [-0.05, 0) is 107 Å². The first-order valence-electron chi connectivity index (χ1n) is 21.0. The molecule has 0 saturated heterocycles. The molecule has 0 heterocycles. The second-order valence-corrected chi connectivity index (χ2v) is 20.7. The third-order valence-corrected chi connectivity index (χ3v) is 11.8. The average Bonchev–Trinajstić information content (AvgIpc) is 3.15. The second kappa shape index (κ2) is 16.0. The molecule has 6 rings (SSSR count). The molecule has 5 aromatic rings. The van der Waals surface area contributed by atoms with Crippen molar-refractivity contribution in [3.05, 3.63) is 145 Å². The molecule has 1 aliphatic rings. The molecule has 1 N–H and O–H groups in total. The Bertz CT molecular complexity index is 2430. The van der Waals surface area contributed by atoms with Crippen LogP contribution in [0.1, 0.15) is 161 Å². The van der Waals surface area contributed by atoms with E-state index in [1.165, 1.54) is 0 Å². The Labute approximate surface area is 358 Å². The summed E-state index contributed by atoms with van der Waals surface area (Å²) in [7, 11) is 3.46. The summed E-state index contributed by atoms with van der Waals surface area (Å²) in [6.45, 7) is 26.7. The van der Waals surface area contributed by atoms with Crippen molar-refractivity contribution < 1.29 is 19.3 Å². The number of nitrogens with zero attached hydrogens (tertiary/aromatic N) is 2. The lowest BCUT2D eigenvalue weighted by molar-refractivity contribution is 0.403. The number of hydrogen-bond donors (Lipinski definition) is 1. The standard InChI is InChI=1S/C54H62N2O4/c1-51(2,3)42-21-33-17-35-23-43(52(4,5)6)25-37(48(35)58-13)19-39-27-45(54(10,11)12)28-40(50(39)60-46-16-15-32(30-55)41(29-46)31-56)20-38-26-44(53(7,8)9)24-36(49(38)59-14)18-34(22-42)47(33)57/h15-16,21-29,57H,17-20H2,1-14H3. The van der Waals surface area contributed by atoms with E-state index in [4.69, 9.17) is 14.2 Å². The third-order valence-electron chi connectivity index (χ3n) is 11.8.